The lowest BCUT2D eigenvalue weighted by molar-refractivity contribution is -0.109. The molecule has 0 aromatic rings. The Hall–Kier alpha value is -0.500. The molecule has 3 saturated carbocycles. The standard InChI is InChI=1S/C24H39NO/c1-16-15-24(3)17(14-21(16)25-12-4-5-13-25)6-7-18-19-8-9-22(26)23(19,2)11-10-20(18)24/h14,16-20,22,26H,4-13,15H2,1-3H3/t16-,17+,18+,19+,20+,22+,23+,24+/m1/s1. The lowest BCUT2D eigenvalue weighted by Gasteiger charge is -2.60. The summed E-state index contributed by atoms with van der Waals surface area (Å²) >= 11 is 0. The van der Waals surface area contributed by atoms with Crippen LogP contribution in [0.1, 0.15) is 78.6 Å². The molecule has 1 N–H and O–H groups in total. The molecule has 2 heteroatoms. The van der Waals surface area contributed by atoms with Gasteiger partial charge in [0.15, 0.2) is 0 Å². The van der Waals surface area contributed by atoms with Crippen molar-refractivity contribution >= 4 is 0 Å². The first-order valence-corrected chi connectivity index (χ1v) is 11.6. The first-order chi connectivity index (χ1) is 12.4. The lowest BCUT2D eigenvalue weighted by Crippen LogP contribution is -2.54. The molecule has 1 aliphatic heterocycles. The van der Waals surface area contributed by atoms with Crippen molar-refractivity contribution in [1.29, 1.82) is 0 Å². The molecule has 26 heavy (non-hydrogen) atoms. The first-order valence-electron chi connectivity index (χ1n) is 11.6. The van der Waals surface area contributed by atoms with Gasteiger partial charge >= 0.3 is 0 Å². The van der Waals surface area contributed by atoms with Crippen molar-refractivity contribution in [2.24, 2.45) is 40.4 Å². The Kier molecular flexibility index (Phi) is 4.06. The summed E-state index contributed by atoms with van der Waals surface area (Å²) in [6, 6.07) is 0. The van der Waals surface area contributed by atoms with Gasteiger partial charge in [0, 0.05) is 18.8 Å². The van der Waals surface area contributed by atoms with E-state index in [2.05, 4.69) is 31.7 Å². The fourth-order valence-corrected chi connectivity index (χ4v) is 8.56. The maximum absolute atomic E-state index is 10.7. The van der Waals surface area contributed by atoms with Gasteiger partial charge in [-0.1, -0.05) is 26.8 Å². The van der Waals surface area contributed by atoms with E-state index in [9.17, 15) is 5.11 Å². The summed E-state index contributed by atoms with van der Waals surface area (Å²) in [4.78, 5) is 2.71. The van der Waals surface area contributed by atoms with E-state index in [-0.39, 0.29) is 11.5 Å². The van der Waals surface area contributed by atoms with Crippen LogP contribution in [-0.2, 0) is 0 Å². The number of aliphatic hydroxyl groups excluding tert-OH is 1. The van der Waals surface area contributed by atoms with Gasteiger partial charge in [-0.05, 0) is 98.2 Å². The first kappa shape index (κ1) is 17.6. The van der Waals surface area contributed by atoms with Crippen LogP contribution < -0.4 is 0 Å². The van der Waals surface area contributed by atoms with Gasteiger partial charge in [-0.25, -0.2) is 0 Å². The minimum Gasteiger partial charge on any atom is -0.393 e. The summed E-state index contributed by atoms with van der Waals surface area (Å²) in [5.74, 6) is 4.08. The minimum absolute atomic E-state index is 0.0362. The summed E-state index contributed by atoms with van der Waals surface area (Å²) in [7, 11) is 0. The summed E-state index contributed by atoms with van der Waals surface area (Å²) in [5.41, 5.74) is 2.42. The Morgan fingerprint density at radius 1 is 0.962 bits per heavy atom. The van der Waals surface area contributed by atoms with Gasteiger partial charge in [0.1, 0.15) is 0 Å². The molecule has 5 aliphatic rings. The zero-order valence-electron chi connectivity index (χ0n) is 17.2. The zero-order chi connectivity index (χ0) is 18.1. The lowest BCUT2D eigenvalue weighted by atomic mass is 9.45. The normalized spacial score (nSPS) is 53.7. The molecule has 146 valence electrons. The molecule has 0 bridgehead atoms. The van der Waals surface area contributed by atoms with Crippen LogP contribution in [0, 0.1) is 40.4 Å². The molecule has 8 atom stereocenters. The van der Waals surface area contributed by atoms with Crippen LogP contribution in [0.4, 0.5) is 0 Å². The highest BCUT2D eigenvalue weighted by Gasteiger charge is 2.60. The number of nitrogens with zero attached hydrogens (tertiary/aromatic N) is 1. The molecule has 0 unspecified atom stereocenters. The van der Waals surface area contributed by atoms with Gasteiger partial charge < -0.3 is 10.0 Å². The molecule has 0 spiro atoms. The number of rotatable bonds is 1. The number of allylic oxidation sites excluding steroid dienone is 2. The Morgan fingerprint density at radius 2 is 1.69 bits per heavy atom. The molecule has 1 saturated heterocycles. The van der Waals surface area contributed by atoms with Gasteiger partial charge in [0.05, 0.1) is 6.10 Å². The number of likely N-dealkylation sites (tertiary alicyclic amines) is 1. The highest BCUT2D eigenvalue weighted by atomic mass is 16.3. The average molecular weight is 358 g/mol. The second kappa shape index (κ2) is 6.00. The van der Waals surface area contributed by atoms with E-state index in [1.807, 2.05) is 0 Å². The van der Waals surface area contributed by atoms with Crippen molar-refractivity contribution in [1.82, 2.24) is 4.90 Å². The monoisotopic (exact) mass is 357 g/mol. The van der Waals surface area contributed by atoms with Gasteiger partial charge in [-0.15, -0.1) is 0 Å². The Labute approximate surface area is 160 Å². The number of aliphatic hydroxyl groups is 1. The van der Waals surface area contributed by atoms with Crippen LogP contribution in [0.3, 0.4) is 0 Å². The van der Waals surface area contributed by atoms with E-state index >= 15 is 0 Å². The third kappa shape index (κ3) is 2.33. The van der Waals surface area contributed by atoms with E-state index in [4.69, 9.17) is 0 Å². The Bertz CT molecular complexity index is 593. The third-order valence-electron chi connectivity index (χ3n) is 9.99. The molecule has 0 amide bonds. The summed E-state index contributed by atoms with van der Waals surface area (Å²) in [6.07, 6.45) is 14.6. The third-order valence-corrected chi connectivity index (χ3v) is 9.99. The summed E-state index contributed by atoms with van der Waals surface area (Å²) < 4.78 is 0. The van der Waals surface area contributed by atoms with Crippen LogP contribution in [0.2, 0.25) is 0 Å². The largest absolute Gasteiger partial charge is 0.393 e. The van der Waals surface area contributed by atoms with Crippen molar-refractivity contribution in [2.75, 3.05) is 13.1 Å². The maximum atomic E-state index is 10.7. The molecule has 0 aromatic heterocycles. The highest BCUT2D eigenvalue weighted by molar-refractivity contribution is 5.20. The predicted molar refractivity (Wildman–Crippen MR) is 107 cm³/mol. The molecule has 0 aromatic carbocycles. The average Bonchev–Trinajstić information content (AvgIpc) is 3.23. The van der Waals surface area contributed by atoms with Crippen molar-refractivity contribution in [3.8, 4) is 0 Å². The van der Waals surface area contributed by atoms with Crippen LogP contribution >= 0.6 is 0 Å². The van der Waals surface area contributed by atoms with Crippen LogP contribution in [0.15, 0.2) is 11.8 Å². The molecular formula is C24H39NO. The van der Waals surface area contributed by atoms with Gasteiger partial charge in [-0.3, -0.25) is 0 Å². The fraction of sp³-hybridized carbons (Fsp3) is 0.917. The van der Waals surface area contributed by atoms with E-state index in [0.717, 1.165) is 36.0 Å². The molecular weight excluding hydrogens is 318 g/mol. The van der Waals surface area contributed by atoms with E-state index in [1.165, 1.54) is 64.5 Å². The molecule has 0 radical (unpaired) electrons. The Balaban J connectivity index is 1.44. The van der Waals surface area contributed by atoms with Crippen molar-refractivity contribution in [3.63, 3.8) is 0 Å². The molecule has 4 aliphatic carbocycles. The number of hydrogen-bond acceptors (Lipinski definition) is 2. The zero-order valence-corrected chi connectivity index (χ0v) is 17.2. The smallest absolute Gasteiger partial charge is 0.0596 e. The SMILES string of the molecule is C[C@@H]1C[C@@]2(C)[C@H](C=C1N1CCCC1)CC[C@@H]1[C@@H]2CC[C@]2(C)[C@@H](O)CC[C@@H]12. The number of fused-ring (bicyclic) bond motifs is 5. The predicted octanol–water partition coefficient (Wildman–Crippen LogP) is 5.23. The quantitative estimate of drug-likeness (QED) is 0.695. The molecule has 1 heterocycles. The second-order valence-electron chi connectivity index (χ2n) is 11.1. The van der Waals surface area contributed by atoms with Crippen molar-refractivity contribution in [2.45, 2.75) is 84.7 Å². The van der Waals surface area contributed by atoms with E-state index in [0.29, 0.717) is 5.41 Å². The molecule has 4 fully saturated rings. The van der Waals surface area contributed by atoms with E-state index < -0.39 is 0 Å². The topological polar surface area (TPSA) is 23.5 Å². The Morgan fingerprint density at radius 3 is 2.46 bits per heavy atom. The molecule has 2 nitrogen and oxygen atoms in total. The summed E-state index contributed by atoms with van der Waals surface area (Å²) in [5, 5.41) is 10.7. The van der Waals surface area contributed by atoms with Crippen LogP contribution in [-0.4, -0.2) is 29.2 Å². The van der Waals surface area contributed by atoms with E-state index in [1.54, 1.807) is 5.70 Å². The fourth-order valence-electron chi connectivity index (χ4n) is 8.56. The van der Waals surface area contributed by atoms with Crippen LogP contribution in [0.5, 0.6) is 0 Å². The minimum atomic E-state index is -0.0362. The van der Waals surface area contributed by atoms with Crippen LogP contribution in [0.25, 0.3) is 0 Å². The number of hydrogen-bond donors (Lipinski definition) is 1. The van der Waals surface area contributed by atoms with Gasteiger partial charge in [0.25, 0.3) is 0 Å². The van der Waals surface area contributed by atoms with Gasteiger partial charge in [-0.2, -0.15) is 0 Å². The highest BCUT2D eigenvalue weighted by Crippen LogP contribution is 2.66. The van der Waals surface area contributed by atoms with Gasteiger partial charge in [0.2, 0.25) is 0 Å². The second-order valence-corrected chi connectivity index (χ2v) is 11.1. The summed E-state index contributed by atoms with van der Waals surface area (Å²) in [6.45, 7) is 10.2. The van der Waals surface area contributed by atoms with Crippen molar-refractivity contribution < 1.29 is 5.11 Å². The molecule has 5 rings (SSSR count). The van der Waals surface area contributed by atoms with Crippen molar-refractivity contribution in [3.05, 3.63) is 11.8 Å². The maximum Gasteiger partial charge on any atom is 0.0596 e.